The summed E-state index contributed by atoms with van der Waals surface area (Å²) in [4.78, 5) is 29.6. The molecule has 4 heterocycles. The highest BCUT2D eigenvalue weighted by Gasteiger charge is 2.58. The molecule has 1 spiro atoms. The number of allylic oxidation sites excluding steroid dienone is 1. The molecule has 0 bridgehead atoms. The van der Waals surface area contributed by atoms with E-state index in [4.69, 9.17) is 24.5 Å². The average molecular weight is 673 g/mol. The van der Waals surface area contributed by atoms with E-state index in [1.165, 1.54) is 0 Å². The summed E-state index contributed by atoms with van der Waals surface area (Å²) in [6, 6.07) is 18.5. The maximum atomic E-state index is 13.6. The fourth-order valence-corrected chi connectivity index (χ4v) is 6.49. The van der Waals surface area contributed by atoms with Gasteiger partial charge in [-0.1, -0.05) is 11.2 Å². The summed E-state index contributed by atoms with van der Waals surface area (Å²) in [5.41, 5.74) is 11.2. The van der Waals surface area contributed by atoms with E-state index in [-0.39, 0.29) is 12.5 Å². The first-order chi connectivity index (χ1) is 24.3. The van der Waals surface area contributed by atoms with Gasteiger partial charge in [0, 0.05) is 76.2 Å². The van der Waals surface area contributed by atoms with E-state index < -0.39 is 23.6 Å². The van der Waals surface area contributed by atoms with Crippen molar-refractivity contribution in [3.05, 3.63) is 153 Å². The zero-order chi connectivity index (χ0) is 34.7. The molecule has 2 aromatic heterocycles. The molecule has 0 saturated heterocycles. The highest BCUT2D eigenvalue weighted by atomic mass is 16.6. The van der Waals surface area contributed by atoms with Gasteiger partial charge in [-0.3, -0.25) is 4.79 Å². The van der Waals surface area contributed by atoms with Crippen LogP contribution in [0.25, 0.3) is 10.4 Å². The molecule has 0 fully saturated rings. The number of hydrogen-bond donors (Lipinski definition) is 1. The summed E-state index contributed by atoms with van der Waals surface area (Å²) in [5.74, 6) is 0.450. The number of carbonyl (C=O) groups is 2. The van der Waals surface area contributed by atoms with Crippen LogP contribution in [-0.4, -0.2) is 31.1 Å². The van der Waals surface area contributed by atoms with Crippen molar-refractivity contribution in [2.45, 2.75) is 31.3 Å². The number of nitrogens with one attached hydrogen (secondary N) is 1. The minimum atomic E-state index is -1.29. The molecule has 12 heteroatoms. The van der Waals surface area contributed by atoms with Crippen molar-refractivity contribution in [1.82, 2.24) is 5.32 Å². The molecule has 2 aromatic carbocycles. The van der Waals surface area contributed by atoms with Crippen molar-refractivity contribution in [3.8, 4) is 11.5 Å². The topological polar surface area (TPSA) is 140 Å². The summed E-state index contributed by atoms with van der Waals surface area (Å²) in [5, 5.41) is 6.39. The van der Waals surface area contributed by atoms with E-state index in [1.807, 2.05) is 109 Å². The molecule has 2 aliphatic heterocycles. The van der Waals surface area contributed by atoms with E-state index >= 15 is 0 Å². The van der Waals surface area contributed by atoms with Crippen LogP contribution < -0.4 is 23.9 Å². The lowest BCUT2D eigenvalue weighted by molar-refractivity contribution is -0.671. The lowest BCUT2D eigenvalue weighted by atomic mass is 9.70. The first kappa shape index (κ1) is 32.4. The Kier molecular flexibility index (Phi) is 8.93. The first-order valence-electron chi connectivity index (χ1n) is 16.4. The van der Waals surface area contributed by atoms with Crippen LogP contribution >= 0.6 is 0 Å². The van der Waals surface area contributed by atoms with Crippen LogP contribution in [-0.2, 0) is 42.4 Å². The molecule has 12 nitrogen and oxygen atoms in total. The zero-order valence-corrected chi connectivity index (χ0v) is 27.7. The van der Waals surface area contributed by atoms with Crippen LogP contribution in [0.15, 0.2) is 115 Å². The van der Waals surface area contributed by atoms with E-state index in [1.54, 1.807) is 18.2 Å². The molecule has 252 valence electrons. The van der Waals surface area contributed by atoms with Gasteiger partial charge in [-0.15, -0.1) is 0 Å². The number of pyridine rings is 2. The number of aromatic nitrogens is 2. The number of aryl methyl sites for hydroxylation is 2. The average Bonchev–Trinajstić information content (AvgIpc) is 3.42. The molecular weight excluding hydrogens is 636 g/mol. The Labute approximate surface area is 288 Å². The third-order valence-corrected chi connectivity index (χ3v) is 9.08. The van der Waals surface area contributed by atoms with E-state index in [2.05, 4.69) is 15.3 Å². The molecule has 3 aliphatic rings. The second-order valence-electron chi connectivity index (χ2n) is 12.5. The van der Waals surface area contributed by atoms with Gasteiger partial charge >= 0.3 is 5.97 Å². The number of esters is 1. The van der Waals surface area contributed by atoms with E-state index in [0.717, 1.165) is 11.1 Å². The minimum Gasteiger partial charge on any atom is -0.489 e. The van der Waals surface area contributed by atoms with Crippen LogP contribution in [0, 0.1) is 5.92 Å². The monoisotopic (exact) mass is 672 g/mol. The highest BCUT2D eigenvalue weighted by molar-refractivity contribution is 6.00. The predicted molar refractivity (Wildman–Crippen MR) is 180 cm³/mol. The standard InChI is InChI=1S/C38H35N6O6/c1-43-16-10-25(11-17-43)23-47-28-5-8-31-34(21-28)49-35-22-29(48-24-26-12-18-44(2)19-13-26)6-9-32(35)38(31)33-20-27(4-7-30(33)37(46)50-38)36(45)40-14-3-15-41-42-39/h4-13,16-22,31,34H,3,14-15,23-24H2,1-2H3/q+1/p+1. The van der Waals surface area contributed by atoms with Gasteiger partial charge < -0.3 is 24.3 Å². The van der Waals surface area contributed by atoms with Crippen molar-refractivity contribution >= 4 is 11.9 Å². The molecule has 0 radical (unpaired) electrons. The lowest BCUT2D eigenvalue weighted by Gasteiger charge is -2.45. The third-order valence-electron chi connectivity index (χ3n) is 9.08. The summed E-state index contributed by atoms with van der Waals surface area (Å²) >= 11 is 0. The number of carbonyl (C=O) groups excluding carboxylic acids is 2. The van der Waals surface area contributed by atoms with Crippen molar-refractivity contribution in [2.75, 3.05) is 13.1 Å². The summed E-state index contributed by atoms with van der Waals surface area (Å²) in [6.07, 6.45) is 13.5. The molecule has 1 aliphatic carbocycles. The summed E-state index contributed by atoms with van der Waals surface area (Å²) in [6.45, 7) is 1.33. The van der Waals surface area contributed by atoms with Crippen LogP contribution in [0.4, 0.5) is 0 Å². The van der Waals surface area contributed by atoms with E-state index in [0.29, 0.717) is 65.7 Å². The second kappa shape index (κ2) is 13.8. The van der Waals surface area contributed by atoms with Gasteiger partial charge in [-0.25, -0.2) is 13.9 Å². The molecule has 1 amide bonds. The molecule has 0 saturated carbocycles. The van der Waals surface area contributed by atoms with Crippen molar-refractivity contribution < 1.29 is 37.7 Å². The van der Waals surface area contributed by atoms with Gasteiger partial charge in [0.25, 0.3) is 5.91 Å². The zero-order valence-electron chi connectivity index (χ0n) is 27.7. The fourth-order valence-electron chi connectivity index (χ4n) is 6.49. The third kappa shape index (κ3) is 6.36. The van der Waals surface area contributed by atoms with Crippen LogP contribution in [0.5, 0.6) is 11.5 Å². The first-order valence-corrected chi connectivity index (χ1v) is 16.4. The molecule has 1 N–H and O–H groups in total. The smallest absolute Gasteiger partial charge is 0.339 e. The van der Waals surface area contributed by atoms with Gasteiger partial charge in [0.2, 0.25) is 0 Å². The molecule has 3 unspecified atom stereocenters. The molecule has 4 aromatic rings. The maximum absolute atomic E-state index is 13.6. The van der Waals surface area contributed by atoms with Gasteiger partial charge in [0.15, 0.2) is 30.4 Å². The van der Waals surface area contributed by atoms with E-state index in [9.17, 15) is 9.59 Å². The van der Waals surface area contributed by atoms with Gasteiger partial charge in [0.05, 0.1) is 11.5 Å². The number of rotatable bonds is 11. The van der Waals surface area contributed by atoms with Crippen molar-refractivity contribution in [2.24, 2.45) is 25.1 Å². The summed E-state index contributed by atoms with van der Waals surface area (Å²) in [7, 11) is 3.92. The Hall–Kier alpha value is -6.13. The number of benzene rings is 2. The Morgan fingerprint density at radius 1 is 0.960 bits per heavy atom. The van der Waals surface area contributed by atoms with Crippen molar-refractivity contribution in [3.63, 3.8) is 0 Å². The number of nitrogens with zero attached hydrogens (tertiary/aromatic N) is 5. The quantitative estimate of drug-likeness (QED) is 0.0606. The normalized spacial score (nSPS) is 19.6. The van der Waals surface area contributed by atoms with Crippen LogP contribution in [0.2, 0.25) is 0 Å². The van der Waals surface area contributed by atoms with Crippen LogP contribution in [0.3, 0.4) is 0 Å². The number of hydrogen-bond acceptors (Lipinski definition) is 7. The largest absolute Gasteiger partial charge is 0.489 e. The van der Waals surface area contributed by atoms with Gasteiger partial charge in [0.1, 0.15) is 50.7 Å². The Balaban J connectivity index is 1.23. The number of azide groups is 1. The highest BCUT2D eigenvalue weighted by Crippen LogP contribution is 2.56. The van der Waals surface area contributed by atoms with Crippen LogP contribution in [0.1, 0.15) is 49.4 Å². The Morgan fingerprint density at radius 3 is 2.40 bits per heavy atom. The molecular formula is C38H36N6O6+2. The lowest BCUT2D eigenvalue weighted by Crippen LogP contribution is -2.48. The molecule has 3 atom stereocenters. The Morgan fingerprint density at radius 2 is 1.68 bits per heavy atom. The van der Waals surface area contributed by atoms with Gasteiger partial charge in [-0.05, 0) is 54.4 Å². The molecule has 7 rings (SSSR count). The summed E-state index contributed by atoms with van der Waals surface area (Å²) < 4.78 is 29.3. The number of amides is 1. The number of ether oxygens (including phenoxy) is 4. The van der Waals surface area contributed by atoms with Gasteiger partial charge in [-0.2, -0.15) is 0 Å². The molecule has 50 heavy (non-hydrogen) atoms. The van der Waals surface area contributed by atoms with Crippen molar-refractivity contribution in [1.29, 1.82) is 0 Å². The Bertz CT molecular complexity index is 2060. The SMILES string of the molecule is C[n+]1ccc(COC2=CC3Oc4cc(OCc5cc[n+](C)cc5)ccc4C4(OC(=O)c5ccc(C(=O)NCCCN=[N+]=[N-])cc54)C3C=C2)cc1. The fraction of sp³-hybridized carbons (Fsp3) is 0.263. The predicted octanol–water partition coefficient (Wildman–Crippen LogP) is 4.81. The number of fused-ring (bicyclic) bond motifs is 6. The minimum absolute atomic E-state index is 0.276. The maximum Gasteiger partial charge on any atom is 0.339 e. The second-order valence-corrected chi connectivity index (χ2v) is 12.5.